The maximum Gasteiger partial charge on any atom is 0.225 e. The molecule has 2 aliphatic heterocycles. The van der Waals surface area contributed by atoms with Crippen LogP contribution >= 0.6 is 0 Å². The second-order valence-electron chi connectivity index (χ2n) is 7.58. The molecule has 0 N–H and O–H groups in total. The summed E-state index contributed by atoms with van der Waals surface area (Å²) >= 11 is 0. The van der Waals surface area contributed by atoms with E-state index in [0.717, 1.165) is 64.5 Å². The second kappa shape index (κ2) is 8.65. The summed E-state index contributed by atoms with van der Waals surface area (Å²) in [5.41, 5.74) is 0. The first-order valence-corrected chi connectivity index (χ1v) is 9.84. The third-order valence-electron chi connectivity index (χ3n) is 5.73. The summed E-state index contributed by atoms with van der Waals surface area (Å²) in [7, 11) is 0. The lowest BCUT2D eigenvalue weighted by atomic mass is 9.95. The van der Waals surface area contributed by atoms with Gasteiger partial charge in [-0.25, -0.2) is 4.98 Å². The first kappa shape index (κ1) is 18.2. The predicted molar refractivity (Wildman–Crippen MR) is 102 cm³/mol. The second-order valence-corrected chi connectivity index (χ2v) is 7.58. The molecule has 5 nitrogen and oxygen atoms in total. The van der Waals surface area contributed by atoms with Crippen molar-refractivity contribution in [2.45, 2.75) is 33.1 Å². The Morgan fingerprint density at radius 1 is 1.24 bits per heavy atom. The average Bonchev–Trinajstić information content (AvgIpc) is 2.68. The third kappa shape index (κ3) is 4.72. The van der Waals surface area contributed by atoms with E-state index in [9.17, 15) is 4.79 Å². The first-order chi connectivity index (χ1) is 12.2. The number of pyridine rings is 1. The smallest absolute Gasteiger partial charge is 0.225 e. The Labute approximate surface area is 152 Å². The molecule has 0 aliphatic carbocycles. The highest BCUT2D eigenvalue weighted by Gasteiger charge is 2.28. The van der Waals surface area contributed by atoms with Crippen LogP contribution in [0.5, 0.6) is 0 Å². The average molecular weight is 345 g/mol. The SMILES string of the molecule is CC[C@H](C)C(=O)N1CCC[C@H](CN2CCN(c3ccccn3)CC2)C1. The molecule has 1 aromatic heterocycles. The normalized spacial score (nSPS) is 23.5. The van der Waals surface area contributed by atoms with Crippen molar-refractivity contribution in [2.75, 3.05) is 50.7 Å². The van der Waals surface area contributed by atoms with Gasteiger partial charge >= 0.3 is 0 Å². The fraction of sp³-hybridized carbons (Fsp3) is 0.700. The molecule has 0 spiro atoms. The van der Waals surface area contributed by atoms with E-state index < -0.39 is 0 Å². The van der Waals surface area contributed by atoms with Crippen LogP contribution in [-0.2, 0) is 4.79 Å². The number of likely N-dealkylation sites (tertiary alicyclic amines) is 1. The number of nitrogens with zero attached hydrogens (tertiary/aromatic N) is 4. The van der Waals surface area contributed by atoms with Crippen LogP contribution in [-0.4, -0.2) is 66.5 Å². The Morgan fingerprint density at radius 3 is 2.72 bits per heavy atom. The molecule has 138 valence electrons. The molecule has 5 heteroatoms. The van der Waals surface area contributed by atoms with E-state index in [1.54, 1.807) is 0 Å². The molecule has 2 atom stereocenters. The number of hydrogen-bond acceptors (Lipinski definition) is 4. The number of carbonyl (C=O) groups is 1. The minimum absolute atomic E-state index is 0.167. The predicted octanol–water partition coefficient (Wildman–Crippen LogP) is 2.49. The quantitative estimate of drug-likeness (QED) is 0.823. The lowest BCUT2D eigenvalue weighted by molar-refractivity contribution is -0.137. The highest BCUT2D eigenvalue weighted by Crippen LogP contribution is 2.21. The van der Waals surface area contributed by atoms with E-state index in [4.69, 9.17) is 0 Å². The molecule has 0 aromatic carbocycles. The molecular formula is C20H32N4O. The Hall–Kier alpha value is -1.62. The number of aromatic nitrogens is 1. The van der Waals surface area contributed by atoms with Crippen LogP contribution in [0.1, 0.15) is 33.1 Å². The number of piperidine rings is 1. The van der Waals surface area contributed by atoms with Gasteiger partial charge in [0.2, 0.25) is 5.91 Å². The van der Waals surface area contributed by atoms with Crippen molar-refractivity contribution < 1.29 is 4.79 Å². The fourth-order valence-corrected chi connectivity index (χ4v) is 3.97. The highest BCUT2D eigenvalue weighted by atomic mass is 16.2. The first-order valence-electron chi connectivity index (χ1n) is 9.84. The maximum atomic E-state index is 12.5. The van der Waals surface area contributed by atoms with Gasteiger partial charge in [0.1, 0.15) is 5.82 Å². The van der Waals surface area contributed by atoms with E-state index >= 15 is 0 Å². The van der Waals surface area contributed by atoms with E-state index in [-0.39, 0.29) is 5.92 Å². The van der Waals surface area contributed by atoms with E-state index in [1.165, 1.54) is 6.42 Å². The summed E-state index contributed by atoms with van der Waals surface area (Å²) in [6.45, 7) is 11.4. The largest absolute Gasteiger partial charge is 0.354 e. The van der Waals surface area contributed by atoms with Gasteiger partial charge in [-0.1, -0.05) is 19.9 Å². The van der Waals surface area contributed by atoms with Gasteiger partial charge in [-0.15, -0.1) is 0 Å². The van der Waals surface area contributed by atoms with Crippen molar-refractivity contribution in [3.8, 4) is 0 Å². The molecule has 3 heterocycles. The zero-order chi connectivity index (χ0) is 17.6. The number of carbonyl (C=O) groups excluding carboxylic acids is 1. The van der Waals surface area contributed by atoms with Crippen molar-refractivity contribution in [3.63, 3.8) is 0 Å². The molecule has 2 aliphatic rings. The molecule has 0 radical (unpaired) electrons. The zero-order valence-electron chi connectivity index (χ0n) is 15.7. The Morgan fingerprint density at radius 2 is 2.04 bits per heavy atom. The van der Waals surface area contributed by atoms with Crippen molar-refractivity contribution in [1.29, 1.82) is 0 Å². The van der Waals surface area contributed by atoms with Crippen LogP contribution in [0.4, 0.5) is 5.82 Å². The Balaban J connectivity index is 1.46. The zero-order valence-corrected chi connectivity index (χ0v) is 15.7. The van der Waals surface area contributed by atoms with Crippen molar-refractivity contribution in [3.05, 3.63) is 24.4 Å². The monoisotopic (exact) mass is 344 g/mol. The number of rotatable bonds is 5. The number of hydrogen-bond donors (Lipinski definition) is 0. The van der Waals surface area contributed by atoms with Crippen LogP contribution in [0.25, 0.3) is 0 Å². The van der Waals surface area contributed by atoms with Gasteiger partial charge in [-0.3, -0.25) is 9.69 Å². The minimum atomic E-state index is 0.167. The topological polar surface area (TPSA) is 39.7 Å². The fourth-order valence-electron chi connectivity index (χ4n) is 3.97. The summed E-state index contributed by atoms with van der Waals surface area (Å²) in [5, 5.41) is 0. The molecule has 1 aromatic rings. The maximum absolute atomic E-state index is 12.5. The summed E-state index contributed by atoms with van der Waals surface area (Å²) in [5.74, 6) is 2.24. The van der Waals surface area contributed by atoms with Crippen LogP contribution in [0.3, 0.4) is 0 Å². The highest BCUT2D eigenvalue weighted by molar-refractivity contribution is 5.78. The van der Waals surface area contributed by atoms with Crippen LogP contribution in [0, 0.1) is 11.8 Å². The number of piperazine rings is 1. The van der Waals surface area contributed by atoms with Crippen molar-refractivity contribution in [2.24, 2.45) is 11.8 Å². The van der Waals surface area contributed by atoms with E-state index in [1.807, 2.05) is 12.3 Å². The van der Waals surface area contributed by atoms with Gasteiger partial charge in [0.05, 0.1) is 0 Å². The lowest BCUT2D eigenvalue weighted by Crippen LogP contribution is -2.50. The molecule has 0 unspecified atom stereocenters. The standard InChI is InChI=1S/C20H32N4O/c1-3-17(2)20(25)24-10-6-7-18(16-24)15-22-11-13-23(14-12-22)19-8-4-5-9-21-19/h4-5,8-9,17-18H,3,6-7,10-16H2,1-2H3/t17-,18+/m0/s1. The molecule has 2 saturated heterocycles. The molecule has 2 fully saturated rings. The van der Waals surface area contributed by atoms with Crippen molar-refractivity contribution >= 4 is 11.7 Å². The Bertz CT molecular complexity index is 542. The van der Waals surface area contributed by atoms with Gasteiger partial charge < -0.3 is 9.80 Å². The van der Waals surface area contributed by atoms with E-state index in [2.05, 4.69) is 45.7 Å². The van der Waals surface area contributed by atoms with Crippen LogP contribution in [0.15, 0.2) is 24.4 Å². The van der Waals surface area contributed by atoms with Gasteiger partial charge in [0, 0.05) is 57.9 Å². The Kier molecular flexibility index (Phi) is 6.29. The summed E-state index contributed by atoms with van der Waals surface area (Å²) < 4.78 is 0. The van der Waals surface area contributed by atoms with Crippen molar-refractivity contribution in [1.82, 2.24) is 14.8 Å². The number of anilines is 1. The van der Waals surface area contributed by atoms with Crippen LogP contribution in [0.2, 0.25) is 0 Å². The molecular weight excluding hydrogens is 312 g/mol. The molecule has 0 bridgehead atoms. The summed E-state index contributed by atoms with van der Waals surface area (Å²) in [6.07, 6.45) is 5.22. The van der Waals surface area contributed by atoms with Gasteiger partial charge in [0.15, 0.2) is 0 Å². The van der Waals surface area contributed by atoms with Gasteiger partial charge in [0.25, 0.3) is 0 Å². The van der Waals surface area contributed by atoms with Crippen LogP contribution < -0.4 is 4.90 Å². The minimum Gasteiger partial charge on any atom is -0.354 e. The van der Waals surface area contributed by atoms with Gasteiger partial charge in [-0.2, -0.15) is 0 Å². The molecule has 1 amide bonds. The molecule has 3 rings (SSSR count). The molecule has 0 saturated carbocycles. The third-order valence-corrected chi connectivity index (χ3v) is 5.73. The van der Waals surface area contributed by atoms with E-state index in [0.29, 0.717) is 11.8 Å². The lowest BCUT2D eigenvalue weighted by Gasteiger charge is -2.40. The molecule has 25 heavy (non-hydrogen) atoms. The summed E-state index contributed by atoms with van der Waals surface area (Å²) in [6, 6.07) is 6.12. The summed E-state index contributed by atoms with van der Waals surface area (Å²) in [4.78, 5) is 24.0. The van der Waals surface area contributed by atoms with Gasteiger partial charge in [-0.05, 0) is 37.3 Å². The number of amides is 1.